The van der Waals surface area contributed by atoms with Gasteiger partial charge >= 0.3 is 6.03 Å². The van der Waals surface area contributed by atoms with Crippen LogP contribution >= 0.6 is 15.9 Å². The number of nitrogens with zero attached hydrogens (tertiary/aromatic N) is 2. The molecule has 0 aliphatic heterocycles. The van der Waals surface area contributed by atoms with Crippen molar-refractivity contribution in [1.82, 2.24) is 10.3 Å². The van der Waals surface area contributed by atoms with Crippen LogP contribution in [0.4, 0.5) is 10.6 Å². The molecule has 0 unspecified atom stereocenters. The van der Waals surface area contributed by atoms with Crippen LogP contribution in [-0.2, 0) is 0 Å². The molecule has 0 radical (unpaired) electrons. The number of aliphatic hydroxyl groups excluding tert-OH is 1. The van der Waals surface area contributed by atoms with Crippen LogP contribution in [0.5, 0.6) is 0 Å². The Bertz CT molecular complexity index is 550. The smallest absolute Gasteiger partial charge is 0.320 e. The molecule has 0 aromatic carbocycles. The van der Waals surface area contributed by atoms with E-state index in [1.165, 1.54) is 12.3 Å². The standard InChI is InChI=1S/C13H15BrN4O2/c14-10-7-16-11(5-9(10)6-15)17-12(20)18-13(8-19)3-1-2-4-13/h5,7,19H,1-4,8H2,(H2,16,17,18,20). The number of anilines is 1. The van der Waals surface area contributed by atoms with Crippen molar-refractivity contribution in [3.63, 3.8) is 0 Å². The molecule has 106 valence electrons. The second kappa shape index (κ2) is 6.20. The fourth-order valence-corrected chi connectivity index (χ4v) is 2.66. The van der Waals surface area contributed by atoms with Gasteiger partial charge in [-0.15, -0.1) is 0 Å². The zero-order valence-corrected chi connectivity index (χ0v) is 12.4. The molecule has 0 saturated heterocycles. The van der Waals surface area contributed by atoms with E-state index in [4.69, 9.17) is 5.26 Å². The van der Waals surface area contributed by atoms with Crippen molar-refractivity contribution in [2.24, 2.45) is 0 Å². The molecule has 0 atom stereocenters. The number of carbonyl (C=O) groups is 1. The van der Waals surface area contributed by atoms with Gasteiger partial charge in [0.15, 0.2) is 0 Å². The van der Waals surface area contributed by atoms with Crippen LogP contribution in [0.2, 0.25) is 0 Å². The first kappa shape index (κ1) is 14.8. The Morgan fingerprint density at radius 1 is 1.55 bits per heavy atom. The highest BCUT2D eigenvalue weighted by molar-refractivity contribution is 9.10. The minimum atomic E-state index is -0.530. The van der Waals surface area contributed by atoms with Crippen molar-refractivity contribution in [2.75, 3.05) is 11.9 Å². The number of carbonyl (C=O) groups excluding carboxylic acids is 1. The van der Waals surface area contributed by atoms with E-state index < -0.39 is 11.6 Å². The summed E-state index contributed by atoms with van der Waals surface area (Å²) in [5, 5.41) is 23.8. The minimum Gasteiger partial charge on any atom is -0.394 e. The van der Waals surface area contributed by atoms with E-state index in [0.29, 0.717) is 15.9 Å². The van der Waals surface area contributed by atoms with Gasteiger partial charge < -0.3 is 10.4 Å². The van der Waals surface area contributed by atoms with Gasteiger partial charge in [-0.25, -0.2) is 9.78 Å². The number of aliphatic hydroxyl groups is 1. The number of amides is 2. The number of aromatic nitrogens is 1. The maximum Gasteiger partial charge on any atom is 0.320 e. The lowest BCUT2D eigenvalue weighted by molar-refractivity contribution is 0.167. The van der Waals surface area contributed by atoms with Crippen LogP contribution in [0.25, 0.3) is 0 Å². The van der Waals surface area contributed by atoms with Crippen LogP contribution in [-0.4, -0.2) is 28.3 Å². The number of hydrogen-bond donors (Lipinski definition) is 3. The summed E-state index contributed by atoms with van der Waals surface area (Å²) in [5.41, 5.74) is -0.134. The average Bonchev–Trinajstić information content (AvgIpc) is 2.90. The van der Waals surface area contributed by atoms with Gasteiger partial charge in [0.1, 0.15) is 11.9 Å². The highest BCUT2D eigenvalue weighted by atomic mass is 79.9. The van der Waals surface area contributed by atoms with Gasteiger partial charge in [0.2, 0.25) is 0 Å². The third-order valence-electron chi connectivity index (χ3n) is 3.46. The Morgan fingerprint density at radius 2 is 2.25 bits per heavy atom. The maximum atomic E-state index is 11.9. The third kappa shape index (κ3) is 3.26. The number of nitrogens with one attached hydrogen (secondary N) is 2. The summed E-state index contributed by atoms with van der Waals surface area (Å²) in [4.78, 5) is 16.0. The monoisotopic (exact) mass is 338 g/mol. The van der Waals surface area contributed by atoms with Gasteiger partial charge in [-0.05, 0) is 34.8 Å². The van der Waals surface area contributed by atoms with Crippen LogP contribution in [0, 0.1) is 11.3 Å². The van der Waals surface area contributed by atoms with Crippen LogP contribution < -0.4 is 10.6 Å². The summed E-state index contributed by atoms with van der Waals surface area (Å²) in [6.45, 7) is -0.0718. The largest absolute Gasteiger partial charge is 0.394 e. The summed E-state index contributed by atoms with van der Waals surface area (Å²) in [7, 11) is 0. The Hall–Kier alpha value is -1.65. The number of nitriles is 1. The molecule has 1 heterocycles. The molecule has 2 rings (SSSR count). The van der Waals surface area contributed by atoms with Crippen LogP contribution in [0.3, 0.4) is 0 Å². The van der Waals surface area contributed by atoms with E-state index in [1.54, 1.807) is 0 Å². The van der Waals surface area contributed by atoms with Crippen molar-refractivity contribution in [3.8, 4) is 6.07 Å². The molecule has 3 N–H and O–H groups in total. The van der Waals surface area contributed by atoms with E-state index in [0.717, 1.165) is 25.7 Å². The topological polar surface area (TPSA) is 98.0 Å². The molecule has 1 aliphatic rings. The molecule has 1 aliphatic carbocycles. The predicted molar refractivity (Wildman–Crippen MR) is 77.1 cm³/mol. The third-order valence-corrected chi connectivity index (χ3v) is 4.09. The van der Waals surface area contributed by atoms with Crippen molar-refractivity contribution < 1.29 is 9.90 Å². The molecule has 20 heavy (non-hydrogen) atoms. The quantitative estimate of drug-likeness (QED) is 0.786. The first-order valence-electron chi connectivity index (χ1n) is 6.34. The van der Waals surface area contributed by atoms with Crippen LogP contribution in [0.1, 0.15) is 31.2 Å². The lowest BCUT2D eigenvalue weighted by Gasteiger charge is -2.27. The van der Waals surface area contributed by atoms with E-state index >= 15 is 0 Å². The fourth-order valence-electron chi connectivity index (χ4n) is 2.36. The molecule has 1 aromatic heterocycles. The van der Waals surface area contributed by atoms with E-state index in [1.807, 2.05) is 6.07 Å². The second-order valence-electron chi connectivity index (χ2n) is 4.89. The molecular formula is C13H15BrN4O2. The molecule has 1 fully saturated rings. The first-order chi connectivity index (χ1) is 9.58. The van der Waals surface area contributed by atoms with E-state index in [9.17, 15) is 9.90 Å². The zero-order chi connectivity index (χ0) is 14.6. The van der Waals surface area contributed by atoms with Gasteiger partial charge in [0.05, 0.1) is 22.2 Å². The molecule has 2 amide bonds. The molecule has 1 aromatic rings. The zero-order valence-electron chi connectivity index (χ0n) is 10.8. The van der Waals surface area contributed by atoms with Gasteiger partial charge in [-0.2, -0.15) is 5.26 Å². The number of hydrogen-bond acceptors (Lipinski definition) is 4. The number of rotatable bonds is 3. The van der Waals surface area contributed by atoms with Crippen molar-refractivity contribution in [3.05, 3.63) is 22.3 Å². The maximum absolute atomic E-state index is 11.9. The van der Waals surface area contributed by atoms with Crippen molar-refractivity contribution in [2.45, 2.75) is 31.2 Å². The van der Waals surface area contributed by atoms with Crippen molar-refractivity contribution >= 4 is 27.8 Å². The number of pyridine rings is 1. The molecular weight excluding hydrogens is 324 g/mol. The van der Waals surface area contributed by atoms with Gasteiger partial charge in [-0.3, -0.25) is 5.32 Å². The summed E-state index contributed by atoms with van der Waals surface area (Å²) >= 11 is 3.20. The fraction of sp³-hybridized carbons (Fsp3) is 0.462. The lowest BCUT2D eigenvalue weighted by atomic mass is 9.99. The Balaban J connectivity index is 2.03. The Kier molecular flexibility index (Phi) is 4.57. The molecule has 7 heteroatoms. The SMILES string of the molecule is N#Cc1cc(NC(=O)NC2(CO)CCCC2)ncc1Br. The van der Waals surface area contributed by atoms with Gasteiger partial charge in [-0.1, -0.05) is 12.8 Å². The number of halogens is 1. The molecule has 0 bridgehead atoms. The highest BCUT2D eigenvalue weighted by Crippen LogP contribution is 2.29. The number of urea groups is 1. The van der Waals surface area contributed by atoms with Crippen LogP contribution in [0.15, 0.2) is 16.7 Å². The van der Waals surface area contributed by atoms with Gasteiger partial charge in [0, 0.05) is 6.20 Å². The molecule has 0 spiro atoms. The summed E-state index contributed by atoms with van der Waals surface area (Å²) in [5.74, 6) is 0.299. The predicted octanol–water partition coefficient (Wildman–Crippen LogP) is 2.14. The van der Waals surface area contributed by atoms with E-state index in [2.05, 4.69) is 31.5 Å². The van der Waals surface area contributed by atoms with Gasteiger partial charge in [0.25, 0.3) is 0 Å². The average molecular weight is 339 g/mol. The molecule has 1 saturated carbocycles. The molecule has 6 nitrogen and oxygen atoms in total. The highest BCUT2D eigenvalue weighted by Gasteiger charge is 2.34. The summed E-state index contributed by atoms with van der Waals surface area (Å²) in [6.07, 6.45) is 5.00. The Morgan fingerprint density at radius 3 is 2.85 bits per heavy atom. The lowest BCUT2D eigenvalue weighted by Crippen LogP contribution is -2.50. The minimum absolute atomic E-state index is 0.0718. The first-order valence-corrected chi connectivity index (χ1v) is 7.13. The van der Waals surface area contributed by atoms with E-state index in [-0.39, 0.29) is 6.61 Å². The second-order valence-corrected chi connectivity index (χ2v) is 5.74. The Labute approximate surface area is 125 Å². The normalized spacial score (nSPS) is 16.4. The van der Waals surface area contributed by atoms with Crippen molar-refractivity contribution in [1.29, 1.82) is 5.26 Å². The summed E-state index contributed by atoms with van der Waals surface area (Å²) in [6, 6.07) is 3.08. The summed E-state index contributed by atoms with van der Waals surface area (Å²) < 4.78 is 0.577.